The summed E-state index contributed by atoms with van der Waals surface area (Å²) in [5.74, 6) is 1.76. The van der Waals surface area contributed by atoms with Crippen molar-refractivity contribution in [3.05, 3.63) is 89.6 Å². The van der Waals surface area contributed by atoms with Gasteiger partial charge in [0.1, 0.15) is 23.1 Å². The standard InChI is InChI=1S/C35H42N6O5/c1-7-40(8-2)22-10-20-36-33(42)26-13-15-27(16-14-26)38-34-37-21-19-31(39-34)41(29-18-17-28(44-5)23-30(29)45-6)35(43)46-32-24(3)11-9-12-25(32)4/h9,11-19,21,23H,7-8,10,20,22H2,1-6H3,(H,36,42)(H,37,38,39). The number of hydrogen-bond donors (Lipinski definition) is 2. The minimum Gasteiger partial charge on any atom is -0.497 e. The van der Waals surface area contributed by atoms with Crippen molar-refractivity contribution in [2.45, 2.75) is 34.1 Å². The van der Waals surface area contributed by atoms with Gasteiger partial charge in [-0.25, -0.2) is 14.7 Å². The van der Waals surface area contributed by atoms with Gasteiger partial charge in [-0.15, -0.1) is 0 Å². The van der Waals surface area contributed by atoms with Crippen molar-refractivity contribution in [1.82, 2.24) is 20.2 Å². The zero-order valence-electron chi connectivity index (χ0n) is 27.3. The maximum atomic E-state index is 13.9. The van der Waals surface area contributed by atoms with Crippen LogP contribution < -0.4 is 29.7 Å². The Labute approximate surface area is 270 Å². The van der Waals surface area contributed by atoms with Crippen LogP contribution in [-0.2, 0) is 0 Å². The molecule has 0 aliphatic rings. The molecule has 46 heavy (non-hydrogen) atoms. The van der Waals surface area contributed by atoms with E-state index in [-0.39, 0.29) is 17.7 Å². The molecule has 0 aliphatic heterocycles. The number of rotatable bonds is 14. The first-order valence-electron chi connectivity index (χ1n) is 15.3. The van der Waals surface area contributed by atoms with Crippen LogP contribution in [0.3, 0.4) is 0 Å². The molecule has 2 amide bonds. The number of nitrogens with one attached hydrogen (secondary N) is 2. The molecule has 0 saturated carbocycles. The van der Waals surface area contributed by atoms with Crippen LogP contribution in [0.4, 0.5) is 27.9 Å². The van der Waals surface area contributed by atoms with Crippen molar-refractivity contribution in [2.24, 2.45) is 0 Å². The Kier molecular flexibility index (Phi) is 11.9. The zero-order chi connectivity index (χ0) is 33.1. The number of aromatic nitrogens is 2. The summed E-state index contributed by atoms with van der Waals surface area (Å²) in [4.78, 5) is 39.1. The summed E-state index contributed by atoms with van der Waals surface area (Å²) in [5, 5.41) is 6.14. The second-order valence-corrected chi connectivity index (χ2v) is 10.5. The first kappa shape index (κ1) is 33.7. The highest BCUT2D eigenvalue weighted by Gasteiger charge is 2.27. The molecular formula is C35H42N6O5. The van der Waals surface area contributed by atoms with Gasteiger partial charge in [-0.2, -0.15) is 4.98 Å². The monoisotopic (exact) mass is 626 g/mol. The Morgan fingerprint density at radius 2 is 1.61 bits per heavy atom. The Morgan fingerprint density at radius 1 is 0.891 bits per heavy atom. The van der Waals surface area contributed by atoms with Crippen molar-refractivity contribution < 1.29 is 23.8 Å². The average Bonchev–Trinajstić information content (AvgIpc) is 3.07. The summed E-state index contributed by atoms with van der Waals surface area (Å²) < 4.78 is 16.9. The molecule has 1 aromatic heterocycles. The van der Waals surface area contributed by atoms with Crippen LogP contribution in [0.2, 0.25) is 0 Å². The number of nitrogens with zero attached hydrogens (tertiary/aromatic N) is 4. The molecule has 4 aromatic rings. The predicted octanol–water partition coefficient (Wildman–Crippen LogP) is 6.65. The first-order chi connectivity index (χ1) is 22.3. The zero-order valence-corrected chi connectivity index (χ0v) is 27.3. The fourth-order valence-electron chi connectivity index (χ4n) is 4.89. The molecule has 11 heteroatoms. The van der Waals surface area contributed by atoms with E-state index >= 15 is 0 Å². The van der Waals surface area contributed by atoms with Crippen molar-refractivity contribution >= 4 is 35.1 Å². The number of anilines is 4. The van der Waals surface area contributed by atoms with Crippen molar-refractivity contribution in [3.63, 3.8) is 0 Å². The minimum atomic E-state index is -0.682. The maximum Gasteiger partial charge on any atom is 0.425 e. The van der Waals surface area contributed by atoms with Gasteiger partial charge in [-0.1, -0.05) is 32.0 Å². The first-order valence-corrected chi connectivity index (χ1v) is 15.3. The second-order valence-electron chi connectivity index (χ2n) is 10.5. The van der Waals surface area contributed by atoms with Crippen LogP contribution in [0.5, 0.6) is 17.2 Å². The van der Waals surface area contributed by atoms with E-state index in [1.165, 1.54) is 12.0 Å². The fraction of sp³-hybridized carbons (Fsp3) is 0.314. The largest absolute Gasteiger partial charge is 0.497 e. The van der Waals surface area contributed by atoms with Crippen molar-refractivity contribution in [3.8, 4) is 17.2 Å². The van der Waals surface area contributed by atoms with Crippen LogP contribution in [0.1, 0.15) is 41.8 Å². The normalized spacial score (nSPS) is 10.8. The summed E-state index contributed by atoms with van der Waals surface area (Å²) in [7, 11) is 3.06. The molecule has 0 saturated heterocycles. The van der Waals surface area contributed by atoms with E-state index in [2.05, 4.69) is 39.3 Å². The number of para-hydroxylation sites is 1. The van der Waals surface area contributed by atoms with Gasteiger partial charge < -0.3 is 29.7 Å². The van der Waals surface area contributed by atoms with Gasteiger partial charge >= 0.3 is 6.09 Å². The number of hydrogen-bond acceptors (Lipinski definition) is 9. The number of aryl methyl sites for hydroxylation is 2. The number of carbonyl (C=O) groups excluding carboxylic acids is 2. The van der Waals surface area contributed by atoms with Crippen LogP contribution in [0, 0.1) is 13.8 Å². The quantitative estimate of drug-likeness (QED) is 0.148. The summed E-state index contributed by atoms with van der Waals surface area (Å²) in [6.07, 6.45) is 1.75. The lowest BCUT2D eigenvalue weighted by atomic mass is 10.1. The number of benzene rings is 3. The Hall–Kier alpha value is -5.16. The molecule has 0 radical (unpaired) electrons. The van der Waals surface area contributed by atoms with E-state index in [1.54, 1.807) is 61.8 Å². The molecule has 4 rings (SSSR count). The third-order valence-electron chi connectivity index (χ3n) is 7.51. The number of methoxy groups -OCH3 is 2. The van der Waals surface area contributed by atoms with E-state index in [0.29, 0.717) is 40.7 Å². The molecule has 0 spiro atoms. The Morgan fingerprint density at radius 3 is 2.26 bits per heavy atom. The fourth-order valence-corrected chi connectivity index (χ4v) is 4.89. The summed E-state index contributed by atoms with van der Waals surface area (Å²) in [5.41, 5.74) is 3.25. The SMILES string of the molecule is CCN(CC)CCCNC(=O)c1ccc(Nc2nccc(N(C(=O)Oc3c(C)cccc3C)c3ccc(OC)cc3OC)n2)cc1. The molecular weight excluding hydrogens is 584 g/mol. The third kappa shape index (κ3) is 8.51. The molecule has 0 atom stereocenters. The van der Waals surface area contributed by atoms with E-state index in [9.17, 15) is 9.59 Å². The molecule has 11 nitrogen and oxygen atoms in total. The van der Waals surface area contributed by atoms with Gasteiger partial charge in [0.05, 0.1) is 19.9 Å². The molecule has 0 fully saturated rings. The summed E-state index contributed by atoms with van der Waals surface area (Å²) in [6, 6.07) is 19.4. The summed E-state index contributed by atoms with van der Waals surface area (Å²) in [6.45, 7) is 11.6. The lowest BCUT2D eigenvalue weighted by Crippen LogP contribution is -2.31. The summed E-state index contributed by atoms with van der Waals surface area (Å²) >= 11 is 0. The molecule has 3 aromatic carbocycles. The second kappa shape index (κ2) is 16.2. The van der Waals surface area contributed by atoms with Gasteiger partial charge in [0.2, 0.25) is 5.95 Å². The maximum absolute atomic E-state index is 13.9. The highest BCUT2D eigenvalue weighted by Crippen LogP contribution is 2.37. The van der Waals surface area contributed by atoms with Gasteiger partial charge in [-0.05, 0) is 87.4 Å². The van der Waals surface area contributed by atoms with Crippen LogP contribution in [0.25, 0.3) is 0 Å². The lowest BCUT2D eigenvalue weighted by molar-refractivity contribution is 0.0951. The molecule has 0 aliphatic carbocycles. The van der Waals surface area contributed by atoms with Gasteiger partial charge in [-0.3, -0.25) is 4.79 Å². The lowest BCUT2D eigenvalue weighted by Gasteiger charge is -2.24. The third-order valence-corrected chi connectivity index (χ3v) is 7.51. The Bertz CT molecular complexity index is 1600. The number of carbonyl (C=O) groups is 2. The van der Waals surface area contributed by atoms with Crippen LogP contribution in [0.15, 0.2) is 72.9 Å². The van der Waals surface area contributed by atoms with Crippen molar-refractivity contribution in [2.75, 3.05) is 50.6 Å². The molecule has 0 unspecified atom stereocenters. The number of ether oxygens (including phenoxy) is 3. The smallest absolute Gasteiger partial charge is 0.425 e. The molecule has 2 N–H and O–H groups in total. The predicted molar refractivity (Wildman–Crippen MR) is 180 cm³/mol. The average molecular weight is 627 g/mol. The van der Waals surface area contributed by atoms with Gasteiger partial charge in [0.15, 0.2) is 0 Å². The van der Waals surface area contributed by atoms with E-state index in [0.717, 1.165) is 37.2 Å². The van der Waals surface area contributed by atoms with E-state index in [4.69, 9.17) is 14.2 Å². The van der Waals surface area contributed by atoms with Gasteiger partial charge in [0.25, 0.3) is 5.91 Å². The topological polar surface area (TPSA) is 118 Å². The molecule has 0 bridgehead atoms. The van der Waals surface area contributed by atoms with E-state index < -0.39 is 6.09 Å². The van der Waals surface area contributed by atoms with Crippen LogP contribution >= 0.6 is 0 Å². The molecule has 242 valence electrons. The molecule has 1 heterocycles. The highest BCUT2D eigenvalue weighted by molar-refractivity contribution is 5.98. The van der Waals surface area contributed by atoms with Gasteiger partial charge in [0, 0.05) is 36.1 Å². The highest BCUT2D eigenvalue weighted by atomic mass is 16.6. The van der Waals surface area contributed by atoms with E-state index in [1.807, 2.05) is 32.0 Å². The Balaban J connectivity index is 1.55. The van der Waals surface area contributed by atoms with Crippen molar-refractivity contribution in [1.29, 1.82) is 0 Å². The van der Waals surface area contributed by atoms with Crippen LogP contribution in [-0.4, -0.2) is 67.3 Å². The number of amides is 2. The minimum absolute atomic E-state index is 0.129.